The van der Waals surface area contributed by atoms with Gasteiger partial charge in [-0.1, -0.05) is 54.4 Å². The van der Waals surface area contributed by atoms with Crippen molar-refractivity contribution in [3.63, 3.8) is 0 Å². The van der Waals surface area contributed by atoms with Crippen LogP contribution < -0.4 is 10.6 Å². The number of amides is 1. The van der Waals surface area contributed by atoms with Crippen LogP contribution in [0.25, 0.3) is 0 Å². The Morgan fingerprint density at radius 1 is 1.17 bits per heavy atom. The van der Waals surface area contributed by atoms with Gasteiger partial charge in [0.2, 0.25) is 0 Å². The van der Waals surface area contributed by atoms with Gasteiger partial charge in [-0.05, 0) is 69.5 Å². The van der Waals surface area contributed by atoms with Crippen LogP contribution in [0.4, 0.5) is 4.79 Å². The first-order chi connectivity index (χ1) is 14.2. The molecule has 1 aliphatic rings. The maximum atomic E-state index is 12.4. The number of rotatable bonds is 7. The van der Waals surface area contributed by atoms with Gasteiger partial charge in [0, 0.05) is 29.4 Å². The molecule has 0 spiro atoms. The Kier molecular flexibility index (Phi) is 7.10. The van der Waals surface area contributed by atoms with Crippen LogP contribution in [0.15, 0.2) is 48.5 Å². The molecule has 30 heavy (non-hydrogen) atoms. The van der Waals surface area contributed by atoms with Crippen molar-refractivity contribution in [2.24, 2.45) is 0 Å². The third-order valence-corrected chi connectivity index (χ3v) is 6.17. The zero-order valence-electron chi connectivity index (χ0n) is 18.4. The lowest BCUT2D eigenvalue weighted by atomic mass is 9.56. The number of halogens is 1. The quantitative estimate of drug-likeness (QED) is 0.586. The number of benzene rings is 2. The second kappa shape index (κ2) is 9.40. The van der Waals surface area contributed by atoms with E-state index in [1.54, 1.807) is 0 Å². The van der Waals surface area contributed by atoms with E-state index in [0.29, 0.717) is 6.54 Å². The molecule has 5 heteroatoms. The molecule has 1 aliphatic carbocycles. The third-order valence-electron chi connectivity index (χ3n) is 5.92. The van der Waals surface area contributed by atoms with Crippen molar-refractivity contribution in [2.75, 3.05) is 13.6 Å². The molecule has 2 N–H and O–H groups in total. The lowest BCUT2D eigenvalue weighted by molar-refractivity contribution is 0.0511. The summed E-state index contributed by atoms with van der Waals surface area (Å²) in [6.07, 6.45) is 2.99. The zero-order valence-corrected chi connectivity index (χ0v) is 19.2. The predicted octanol–water partition coefficient (Wildman–Crippen LogP) is 5.79. The minimum absolute atomic E-state index is 0.0160. The molecule has 3 rings (SSSR count). The number of hydrogen-bond acceptors (Lipinski definition) is 3. The van der Waals surface area contributed by atoms with Crippen molar-refractivity contribution in [1.82, 2.24) is 10.6 Å². The van der Waals surface area contributed by atoms with Crippen LogP contribution >= 0.6 is 11.6 Å². The van der Waals surface area contributed by atoms with Gasteiger partial charge in [0.1, 0.15) is 5.60 Å². The van der Waals surface area contributed by atoms with E-state index in [-0.39, 0.29) is 17.4 Å². The average Bonchev–Trinajstić information content (AvgIpc) is 2.64. The molecule has 1 saturated carbocycles. The molecule has 4 nitrogen and oxygen atoms in total. The third kappa shape index (κ3) is 5.35. The van der Waals surface area contributed by atoms with Crippen LogP contribution in [0.5, 0.6) is 0 Å². The summed E-state index contributed by atoms with van der Waals surface area (Å²) in [5.74, 6) is 0.150. The minimum Gasteiger partial charge on any atom is -0.444 e. The van der Waals surface area contributed by atoms with E-state index in [4.69, 9.17) is 16.3 Å². The molecular weight excluding hydrogens is 396 g/mol. The molecule has 1 amide bonds. The van der Waals surface area contributed by atoms with Crippen molar-refractivity contribution in [1.29, 1.82) is 0 Å². The Morgan fingerprint density at radius 2 is 1.87 bits per heavy atom. The standard InChI is InChI=1S/C25H33ClN2O2/c1-24(2,3)30-23(29)28-17-22(19-8-5-7-18(15-19)16-27-4)25(13-6-14-25)20-9-11-21(26)12-10-20/h5,7-12,15,22,27H,6,13-14,16-17H2,1-4H3,(H,28,29)/t22-/m1/s1. The molecule has 1 fully saturated rings. The van der Waals surface area contributed by atoms with Crippen LogP contribution in [-0.2, 0) is 16.7 Å². The number of nitrogens with one attached hydrogen (secondary N) is 2. The number of ether oxygens (including phenoxy) is 1. The normalized spacial score (nSPS) is 16.4. The summed E-state index contributed by atoms with van der Waals surface area (Å²) in [4.78, 5) is 12.4. The highest BCUT2D eigenvalue weighted by Gasteiger charge is 2.46. The average molecular weight is 429 g/mol. The summed E-state index contributed by atoms with van der Waals surface area (Å²) in [6, 6.07) is 16.9. The monoisotopic (exact) mass is 428 g/mol. The number of alkyl carbamates (subject to hydrolysis) is 1. The summed E-state index contributed by atoms with van der Waals surface area (Å²) in [7, 11) is 1.95. The van der Waals surface area contributed by atoms with Gasteiger partial charge < -0.3 is 15.4 Å². The molecule has 0 aromatic heterocycles. The van der Waals surface area contributed by atoms with Crippen LogP contribution in [0, 0.1) is 0 Å². The highest BCUT2D eigenvalue weighted by atomic mass is 35.5. The molecule has 162 valence electrons. The first kappa shape index (κ1) is 22.6. The van der Waals surface area contributed by atoms with Gasteiger partial charge in [-0.3, -0.25) is 0 Å². The summed E-state index contributed by atoms with van der Waals surface area (Å²) >= 11 is 6.16. The van der Waals surface area contributed by atoms with Crippen molar-refractivity contribution in [2.45, 2.75) is 63.5 Å². The smallest absolute Gasteiger partial charge is 0.407 e. The first-order valence-corrected chi connectivity index (χ1v) is 11.1. The van der Waals surface area contributed by atoms with Crippen molar-refractivity contribution in [3.8, 4) is 0 Å². The molecule has 0 aliphatic heterocycles. The van der Waals surface area contributed by atoms with Crippen LogP contribution in [0.2, 0.25) is 5.02 Å². The largest absolute Gasteiger partial charge is 0.444 e. The van der Waals surface area contributed by atoms with Crippen molar-refractivity contribution in [3.05, 3.63) is 70.2 Å². The second-order valence-electron chi connectivity index (χ2n) is 9.23. The van der Waals surface area contributed by atoms with Crippen LogP contribution in [0.1, 0.15) is 62.6 Å². The number of carbonyl (C=O) groups excluding carboxylic acids is 1. The maximum absolute atomic E-state index is 12.4. The Bertz CT molecular complexity index is 854. The fourth-order valence-electron chi connectivity index (χ4n) is 4.43. The van der Waals surface area contributed by atoms with Gasteiger partial charge in [0.15, 0.2) is 0 Å². The fraction of sp³-hybridized carbons (Fsp3) is 0.480. The SMILES string of the molecule is CNCc1cccc([C@@H](CNC(=O)OC(C)(C)C)C2(c3ccc(Cl)cc3)CCC2)c1. The Balaban J connectivity index is 1.93. The van der Waals surface area contributed by atoms with Crippen LogP contribution in [0.3, 0.4) is 0 Å². The van der Waals surface area contributed by atoms with Crippen molar-refractivity contribution < 1.29 is 9.53 Å². The fourth-order valence-corrected chi connectivity index (χ4v) is 4.56. The van der Waals surface area contributed by atoms with E-state index in [1.807, 2.05) is 40.0 Å². The van der Waals surface area contributed by atoms with Gasteiger partial charge in [-0.15, -0.1) is 0 Å². The second-order valence-corrected chi connectivity index (χ2v) is 9.66. The lowest BCUT2D eigenvalue weighted by Crippen LogP contribution is -2.46. The van der Waals surface area contributed by atoms with E-state index in [1.165, 1.54) is 23.1 Å². The molecule has 2 aromatic rings. The number of carbonyl (C=O) groups is 1. The van der Waals surface area contributed by atoms with Crippen LogP contribution in [-0.4, -0.2) is 25.3 Å². The van der Waals surface area contributed by atoms with E-state index in [9.17, 15) is 4.79 Å². The maximum Gasteiger partial charge on any atom is 0.407 e. The van der Waals surface area contributed by atoms with E-state index in [2.05, 4.69) is 47.0 Å². The Morgan fingerprint density at radius 3 is 2.43 bits per heavy atom. The van der Waals surface area contributed by atoms with E-state index < -0.39 is 5.60 Å². The van der Waals surface area contributed by atoms with Crippen molar-refractivity contribution >= 4 is 17.7 Å². The lowest BCUT2D eigenvalue weighted by Gasteiger charge is -2.49. The predicted molar refractivity (Wildman–Crippen MR) is 123 cm³/mol. The van der Waals surface area contributed by atoms with Gasteiger partial charge in [0.25, 0.3) is 0 Å². The molecule has 2 aromatic carbocycles. The molecule has 0 radical (unpaired) electrons. The highest BCUT2D eigenvalue weighted by molar-refractivity contribution is 6.30. The molecule has 0 saturated heterocycles. The van der Waals surface area contributed by atoms with Gasteiger partial charge in [-0.25, -0.2) is 4.79 Å². The Hall–Kier alpha value is -2.04. The topological polar surface area (TPSA) is 50.4 Å². The minimum atomic E-state index is -0.517. The molecule has 0 bridgehead atoms. The summed E-state index contributed by atoms with van der Waals surface area (Å²) in [5, 5.41) is 7.01. The van der Waals surface area contributed by atoms with E-state index in [0.717, 1.165) is 24.4 Å². The summed E-state index contributed by atoms with van der Waals surface area (Å²) in [6.45, 7) is 6.99. The Labute approximate surface area is 185 Å². The van der Waals surface area contributed by atoms with E-state index >= 15 is 0 Å². The molecule has 1 atom stereocenters. The van der Waals surface area contributed by atoms with Gasteiger partial charge >= 0.3 is 6.09 Å². The van der Waals surface area contributed by atoms with Gasteiger partial charge in [-0.2, -0.15) is 0 Å². The molecular formula is C25H33ClN2O2. The molecule has 0 unspecified atom stereocenters. The highest BCUT2D eigenvalue weighted by Crippen LogP contribution is 2.53. The number of hydrogen-bond donors (Lipinski definition) is 2. The van der Waals surface area contributed by atoms with Gasteiger partial charge in [0.05, 0.1) is 0 Å². The summed E-state index contributed by atoms with van der Waals surface area (Å²) in [5.41, 5.74) is 3.23. The summed E-state index contributed by atoms with van der Waals surface area (Å²) < 4.78 is 5.49. The molecule has 0 heterocycles. The first-order valence-electron chi connectivity index (χ1n) is 10.7. The zero-order chi connectivity index (χ0) is 21.8.